The van der Waals surface area contributed by atoms with E-state index in [1.165, 1.54) is 0 Å². The van der Waals surface area contributed by atoms with Gasteiger partial charge in [-0.25, -0.2) is 0 Å². The predicted octanol–water partition coefficient (Wildman–Crippen LogP) is 3.30. The van der Waals surface area contributed by atoms with Crippen LogP contribution in [-0.2, 0) is 15.8 Å². The summed E-state index contributed by atoms with van der Waals surface area (Å²) in [6.07, 6.45) is 0.420. The molecule has 5 unspecified atom stereocenters. The highest BCUT2D eigenvalue weighted by atomic mass is 19.4. The van der Waals surface area contributed by atoms with Crippen LogP contribution in [0.3, 0.4) is 0 Å². The van der Waals surface area contributed by atoms with Crippen molar-refractivity contribution in [3.8, 4) is 0 Å². The Hall–Kier alpha value is -2.44. The van der Waals surface area contributed by atoms with E-state index in [0.29, 0.717) is 0 Å². The van der Waals surface area contributed by atoms with Crippen LogP contribution in [0.2, 0.25) is 0 Å². The molecular weight excluding hydrogens is 333 g/mol. The van der Waals surface area contributed by atoms with Gasteiger partial charge in [0.15, 0.2) is 5.78 Å². The maximum atomic E-state index is 12.6. The molecule has 2 bridgehead atoms. The third-order valence-corrected chi connectivity index (χ3v) is 5.48. The Morgan fingerprint density at radius 1 is 1.08 bits per heavy atom. The zero-order valence-corrected chi connectivity index (χ0v) is 13.0. The smallest absolute Gasteiger partial charge is 0.325 e. The second-order valence-corrected chi connectivity index (χ2v) is 6.85. The lowest BCUT2D eigenvalue weighted by Crippen LogP contribution is -2.33. The quantitative estimate of drug-likeness (QED) is 0.636. The molecule has 5 atom stereocenters. The normalized spacial score (nSPS) is 33.0. The summed E-state index contributed by atoms with van der Waals surface area (Å²) in [5.74, 6) is -2.26. The van der Waals surface area contributed by atoms with E-state index in [9.17, 15) is 22.8 Å². The number of allylic oxidation sites excluding steroid dienone is 2. The Kier molecular flexibility index (Phi) is 3.39. The average Bonchev–Trinajstić information content (AvgIpc) is 3.21. The van der Waals surface area contributed by atoms with Gasteiger partial charge in [-0.3, -0.25) is 9.59 Å². The molecule has 0 saturated heterocycles. The summed E-state index contributed by atoms with van der Waals surface area (Å²) in [7, 11) is 0. The Balaban J connectivity index is 1.51. The number of anilines is 1. The molecule has 0 spiro atoms. The van der Waals surface area contributed by atoms with Crippen molar-refractivity contribution in [1.29, 1.82) is 5.41 Å². The van der Waals surface area contributed by atoms with Crippen molar-refractivity contribution in [2.24, 2.45) is 29.6 Å². The Labute approximate surface area is 141 Å². The van der Waals surface area contributed by atoms with E-state index >= 15 is 0 Å². The van der Waals surface area contributed by atoms with Crippen LogP contribution in [0, 0.1) is 35.0 Å². The SMILES string of the molecule is N=C1C(C(=O)Nc2ccc(C(F)(F)F)cc2)C(=O)C2C3C=CC(C3)C12. The molecule has 0 aromatic heterocycles. The summed E-state index contributed by atoms with van der Waals surface area (Å²) in [5.41, 5.74) is -0.500. The van der Waals surface area contributed by atoms with Crippen LogP contribution in [0.1, 0.15) is 12.0 Å². The molecule has 3 aliphatic carbocycles. The first kappa shape index (κ1) is 16.1. The fraction of sp³-hybridized carbons (Fsp3) is 0.389. The number of nitrogens with one attached hydrogen (secondary N) is 2. The molecule has 0 heterocycles. The van der Waals surface area contributed by atoms with Crippen LogP contribution >= 0.6 is 0 Å². The van der Waals surface area contributed by atoms with Crippen LogP contribution < -0.4 is 5.32 Å². The van der Waals surface area contributed by atoms with Crippen molar-refractivity contribution in [2.45, 2.75) is 12.6 Å². The molecule has 2 N–H and O–H groups in total. The van der Waals surface area contributed by atoms with Gasteiger partial charge in [0, 0.05) is 23.2 Å². The van der Waals surface area contributed by atoms with E-state index in [4.69, 9.17) is 5.41 Å². The summed E-state index contributed by atoms with van der Waals surface area (Å²) >= 11 is 0. The Morgan fingerprint density at radius 2 is 1.68 bits per heavy atom. The number of hydrogen-bond acceptors (Lipinski definition) is 3. The van der Waals surface area contributed by atoms with Gasteiger partial charge in [-0.2, -0.15) is 13.2 Å². The third-order valence-electron chi connectivity index (χ3n) is 5.48. The summed E-state index contributed by atoms with van der Waals surface area (Å²) in [6.45, 7) is 0. The van der Waals surface area contributed by atoms with Crippen molar-refractivity contribution < 1.29 is 22.8 Å². The molecule has 1 aromatic rings. The molecule has 130 valence electrons. The summed E-state index contributed by atoms with van der Waals surface area (Å²) < 4.78 is 37.7. The van der Waals surface area contributed by atoms with Crippen LogP contribution in [0.4, 0.5) is 18.9 Å². The van der Waals surface area contributed by atoms with Gasteiger partial charge in [-0.05, 0) is 42.5 Å². The number of alkyl halides is 3. The van der Waals surface area contributed by atoms with E-state index in [0.717, 1.165) is 30.7 Å². The van der Waals surface area contributed by atoms with Gasteiger partial charge in [0.2, 0.25) is 5.91 Å². The fourth-order valence-corrected chi connectivity index (χ4v) is 4.40. The monoisotopic (exact) mass is 348 g/mol. The number of benzene rings is 1. The zero-order valence-electron chi connectivity index (χ0n) is 13.0. The molecule has 4 rings (SSSR count). The van der Waals surface area contributed by atoms with Gasteiger partial charge in [-0.15, -0.1) is 0 Å². The third kappa shape index (κ3) is 2.41. The van der Waals surface area contributed by atoms with Crippen molar-refractivity contribution in [3.63, 3.8) is 0 Å². The summed E-state index contributed by atoms with van der Waals surface area (Å²) in [4.78, 5) is 25.1. The standard InChI is InChI=1S/C18H15F3N2O2/c19-18(20,21)10-3-5-11(6-4-10)23-17(25)14-15(22)12-8-1-2-9(7-8)13(12)16(14)24/h1-6,8-9,12-14,22H,7H2,(H,23,25). The number of ketones is 1. The highest BCUT2D eigenvalue weighted by Gasteiger charge is 2.59. The minimum absolute atomic E-state index is 0.103. The number of rotatable bonds is 2. The largest absolute Gasteiger partial charge is 0.416 e. The zero-order chi connectivity index (χ0) is 17.9. The molecule has 25 heavy (non-hydrogen) atoms. The van der Waals surface area contributed by atoms with Crippen molar-refractivity contribution in [2.75, 3.05) is 5.32 Å². The first-order valence-corrected chi connectivity index (χ1v) is 8.06. The second kappa shape index (κ2) is 5.28. The lowest BCUT2D eigenvalue weighted by Gasteiger charge is -2.17. The summed E-state index contributed by atoms with van der Waals surface area (Å²) in [5, 5.41) is 10.7. The molecule has 2 saturated carbocycles. The molecule has 0 aliphatic heterocycles. The lowest BCUT2D eigenvalue weighted by molar-refractivity contribution is -0.137. The van der Waals surface area contributed by atoms with E-state index in [1.807, 2.05) is 12.2 Å². The minimum Gasteiger partial charge on any atom is -0.325 e. The van der Waals surface area contributed by atoms with Crippen molar-refractivity contribution in [1.82, 2.24) is 0 Å². The van der Waals surface area contributed by atoms with Gasteiger partial charge >= 0.3 is 6.18 Å². The molecule has 2 fully saturated rings. The van der Waals surface area contributed by atoms with Gasteiger partial charge in [-0.1, -0.05) is 12.2 Å². The van der Waals surface area contributed by atoms with E-state index in [-0.39, 0.29) is 40.9 Å². The van der Waals surface area contributed by atoms with E-state index < -0.39 is 23.6 Å². The van der Waals surface area contributed by atoms with Crippen molar-refractivity contribution in [3.05, 3.63) is 42.0 Å². The molecule has 4 nitrogen and oxygen atoms in total. The molecule has 1 amide bonds. The van der Waals surface area contributed by atoms with Crippen LogP contribution in [0.25, 0.3) is 0 Å². The minimum atomic E-state index is -4.45. The molecule has 7 heteroatoms. The molecular formula is C18H15F3N2O2. The average molecular weight is 348 g/mol. The lowest BCUT2D eigenvalue weighted by atomic mass is 9.85. The number of hydrogen-bond donors (Lipinski definition) is 2. The fourth-order valence-electron chi connectivity index (χ4n) is 4.40. The number of carbonyl (C=O) groups excluding carboxylic acids is 2. The van der Waals surface area contributed by atoms with Gasteiger partial charge in [0.25, 0.3) is 0 Å². The number of halogens is 3. The number of carbonyl (C=O) groups is 2. The van der Waals surface area contributed by atoms with Crippen LogP contribution in [-0.4, -0.2) is 17.4 Å². The van der Waals surface area contributed by atoms with Crippen LogP contribution in [0.5, 0.6) is 0 Å². The Morgan fingerprint density at radius 3 is 2.24 bits per heavy atom. The summed E-state index contributed by atoms with van der Waals surface area (Å²) in [6, 6.07) is 4.04. The maximum Gasteiger partial charge on any atom is 0.416 e. The molecule has 1 aromatic carbocycles. The van der Waals surface area contributed by atoms with Crippen LogP contribution in [0.15, 0.2) is 36.4 Å². The molecule has 3 aliphatic rings. The van der Waals surface area contributed by atoms with Gasteiger partial charge in [0.05, 0.1) is 5.56 Å². The highest BCUT2D eigenvalue weighted by Crippen LogP contribution is 2.54. The first-order valence-electron chi connectivity index (χ1n) is 8.06. The predicted molar refractivity (Wildman–Crippen MR) is 84.0 cm³/mol. The van der Waals surface area contributed by atoms with Gasteiger partial charge < -0.3 is 10.7 Å². The second-order valence-electron chi connectivity index (χ2n) is 6.85. The van der Waals surface area contributed by atoms with Gasteiger partial charge in [0.1, 0.15) is 5.92 Å². The topological polar surface area (TPSA) is 70.0 Å². The van der Waals surface area contributed by atoms with E-state index in [1.54, 1.807) is 0 Å². The number of amides is 1. The first-order chi connectivity index (χ1) is 11.8. The molecule has 0 radical (unpaired) electrons. The number of Topliss-reactive ketones (excluding diaryl/α,β-unsaturated/α-hetero) is 1. The van der Waals surface area contributed by atoms with Crippen molar-refractivity contribution >= 4 is 23.1 Å². The number of fused-ring (bicyclic) bond motifs is 5. The maximum absolute atomic E-state index is 12.6. The Bertz CT molecular complexity index is 768. The van der Waals surface area contributed by atoms with E-state index in [2.05, 4.69) is 5.32 Å². The highest BCUT2D eigenvalue weighted by molar-refractivity contribution is 6.28.